The van der Waals surface area contributed by atoms with Gasteiger partial charge >= 0.3 is 0 Å². The van der Waals surface area contributed by atoms with E-state index < -0.39 is 0 Å². The van der Waals surface area contributed by atoms with E-state index in [0.717, 1.165) is 29.8 Å². The summed E-state index contributed by atoms with van der Waals surface area (Å²) < 4.78 is 5.37. The van der Waals surface area contributed by atoms with Crippen LogP contribution in [0.15, 0.2) is 30.5 Å². The molecule has 6 nitrogen and oxygen atoms in total. The molecule has 1 amide bonds. The molecule has 0 radical (unpaired) electrons. The summed E-state index contributed by atoms with van der Waals surface area (Å²) in [5.74, 6) is 0.766. The molecule has 0 saturated carbocycles. The average molecular weight is 329 g/mol. The smallest absolute Gasteiger partial charge is 0.226 e. The third-order valence-corrected chi connectivity index (χ3v) is 4.60. The fourth-order valence-electron chi connectivity index (χ4n) is 3.30. The van der Waals surface area contributed by atoms with Crippen LogP contribution in [0.4, 0.5) is 0 Å². The van der Waals surface area contributed by atoms with Gasteiger partial charge in [0.05, 0.1) is 19.9 Å². The number of hydrogen-bond donors (Lipinski definition) is 2. The predicted molar refractivity (Wildman–Crippen MR) is 89.6 cm³/mol. The van der Waals surface area contributed by atoms with Crippen molar-refractivity contribution in [2.24, 2.45) is 5.92 Å². The van der Waals surface area contributed by atoms with Gasteiger partial charge in [-0.15, -0.1) is 0 Å². The van der Waals surface area contributed by atoms with Crippen LogP contribution >= 0.6 is 0 Å². The highest BCUT2D eigenvalue weighted by Gasteiger charge is 2.29. The number of para-hydroxylation sites is 1. The summed E-state index contributed by atoms with van der Waals surface area (Å²) >= 11 is 0. The Morgan fingerprint density at radius 3 is 3.08 bits per heavy atom. The Balaban J connectivity index is 1.74. The summed E-state index contributed by atoms with van der Waals surface area (Å²) in [7, 11) is 1.62. The fraction of sp³-hybridized carbons (Fsp3) is 0.444. The number of aliphatic hydroxyl groups is 1. The van der Waals surface area contributed by atoms with Crippen molar-refractivity contribution in [3.8, 4) is 5.75 Å². The second-order valence-corrected chi connectivity index (χ2v) is 6.11. The van der Waals surface area contributed by atoms with Crippen LogP contribution in [0.2, 0.25) is 0 Å². The number of aromatic nitrogens is 2. The number of carbonyl (C=O) groups is 1. The molecule has 24 heavy (non-hydrogen) atoms. The maximum absolute atomic E-state index is 13.0. The molecular weight excluding hydrogens is 306 g/mol. The molecule has 1 atom stereocenters. The highest BCUT2D eigenvalue weighted by atomic mass is 16.5. The molecule has 0 bridgehead atoms. The van der Waals surface area contributed by atoms with E-state index >= 15 is 0 Å². The Morgan fingerprint density at radius 1 is 1.46 bits per heavy atom. The first-order valence-corrected chi connectivity index (χ1v) is 8.25. The van der Waals surface area contributed by atoms with E-state index in [1.54, 1.807) is 12.0 Å². The third kappa shape index (κ3) is 3.43. The molecule has 0 saturated heterocycles. The van der Waals surface area contributed by atoms with Gasteiger partial charge in [0, 0.05) is 36.7 Å². The van der Waals surface area contributed by atoms with Crippen LogP contribution < -0.4 is 4.74 Å². The molecule has 0 aliphatic heterocycles. The molecule has 2 N–H and O–H groups in total. The van der Waals surface area contributed by atoms with E-state index in [4.69, 9.17) is 4.74 Å². The van der Waals surface area contributed by atoms with E-state index in [2.05, 4.69) is 10.2 Å². The lowest BCUT2D eigenvalue weighted by Gasteiger charge is -2.29. The molecule has 0 spiro atoms. The van der Waals surface area contributed by atoms with Crippen LogP contribution in [0, 0.1) is 5.92 Å². The molecule has 1 heterocycles. The number of fused-ring (bicyclic) bond motifs is 1. The van der Waals surface area contributed by atoms with Gasteiger partial charge in [0.1, 0.15) is 5.75 Å². The summed E-state index contributed by atoms with van der Waals surface area (Å²) in [4.78, 5) is 14.7. The van der Waals surface area contributed by atoms with Crippen LogP contribution in [0.25, 0.3) is 0 Å². The van der Waals surface area contributed by atoms with Crippen molar-refractivity contribution in [3.63, 3.8) is 0 Å². The van der Waals surface area contributed by atoms with Crippen LogP contribution in [0.5, 0.6) is 5.75 Å². The number of rotatable bonds is 6. The van der Waals surface area contributed by atoms with Crippen molar-refractivity contribution >= 4 is 5.91 Å². The normalized spacial score (nSPS) is 16.5. The Bertz CT molecular complexity index is 698. The number of carbonyl (C=O) groups excluding carboxylic acids is 1. The minimum Gasteiger partial charge on any atom is -0.496 e. The number of methoxy groups -OCH3 is 1. The van der Waals surface area contributed by atoms with Gasteiger partial charge in [-0.3, -0.25) is 9.89 Å². The first-order chi connectivity index (χ1) is 11.7. The number of benzene rings is 1. The lowest BCUT2D eigenvalue weighted by molar-refractivity contribution is -0.137. The Hall–Kier alpha value is -2.34. The number of ether oxygens (including phenoxy) is 1. The van der Waals surface area contributed by atoms with Crippen molar-refractivity contribution in [2.75, 3.05) is 20.3 Å². The highest BCUT2D eigenvalue weighted by molar-refractivity contribution is 5.79. The molecule has 1 aromatic heterocycles. The molecule has 1 unspecified atom stereocenters. The number of aliphatic hydroxyl groups excluding tert-OH is 1. The van der Waals surface area contributed by atoms with Gasteiger partial charge < -0.3 is 14.7 Å². The number of nitrogens with zero attached hydrogens (tertiary/aromatic N) is 2. The highest BCUT2D eigenvalue weighted by Crippen LogP contribution is 2.27. The Kier molecular flexibility index (Phi) is 5.15. The maximum Gasteiger partial charge on any atom is 0.226 e. The van der Waals surface area contributed by atoms with Gasteiger partial charge in [-0.1, -0.05) is 18.2 Å². The topological polar surface area (TPSA) is 78.5 Å². The van der Waals surface area contributed by atoms with Gasteiger partial charge in [0.15, 0.2) is 0 Å². The molecule has 1 aromatic carbocycles. The lowest BCUT2D eigenvalue weighted by Crippen LogP contribution is -2.39. The molecule has 2 aromatic rings. The largest absolute Gasteiger partial charge is 0.496 e. The number of hydrogen-bond acceptors (Lipinski definition) is 4. The van der Waals surface area contributed by atoms with Crippen molar-refractivity contribution in [1.82, 2.24) is 15.1 Å². The molecule has 128 valence electrons. The second kappa shape index (κ2) is 7.49. The zero-order valence-corrected chi connectivity index (χ0v) is 13.9. The minimum atomic E-state index is -0.0702. The van der Waals surface area contributed by atoms with E-state index in [9.17, 15) is 9.90 Å². The molecular formula is C18H23N3O3. The summed E-state index contributed by atoms with van der Waals surface area (Å²) in [6, 6.07) is 7.66. The van der Waals surface area contributed by atoms with Crippen LogP contribution in [0.3, 0.4) is 0 Å². The SMILES string of the molecule is COc1ccccc1CN(CCO)C(=O)C1CCc2cn[nH]c2C1. The van der Waals surface area contributed by atoms with Gasteiger partial charge in [0.25, 0.3) is 0 Å². The van der Waals surface area contributed by atoms with Crippen LogP contribution in [-0.2, 0) is 24.2 Å². The quantitative estimate of drug-likeness (QED) is 0.843. The number of nitrogens with one attached hydrogen (secondary N) is 1. The number of aryl methyl sites for hydroxylation is 1. The van der Waals surface area contributed by atoms with Crippen molar-refractivity contribution in [1.29, 1.82) is 0 Å². The van der Waals surface area contributed by atoms with Crippen molar-refractivity contribution in [3.05, 3.63) is 47.3 Å². The average Bonchev–Trinajstić information content (AvgIpc) is 3.09. The van der Waals surface area contributed by atoms with Crippen molar-refractivity contribution < 1.29 is 14.6 Å². The van der Waals surface area contributed by atoms with Gasteiger partial charge in [-0.05, 0) is 24.5 Å². The lowest BCUT2D eigenvalue weighted by atomic mass is 9.87. The third-order valence-electron chi connectivity index (χ3n) is 4.60. The monoisotopic (exact) mass is 329 g/mol. The summed E-state index contributed by atoms with van der Waals surface area (Å²) in [6.45, 7) is 0.710. The van der Waals surface area contributed by atoms with Gasteiger partial charge in [0.2, 0.25) is 5.91 Å². The van der Waals surface area contributed by atoms with Crippen LogP contribution in [0.1, 0.15) is 23.2 Å². The zero-order chi connectivity index (χ0) is 16.9. The first kappa shape index (κ1) is 16.5. The van der Waals surface area contributed by atoms with Crippen molar-refractivity contribution in [2.45, 2.75) is 25.8 Å². The number of amides is 1. The fourth-order valence-corrected chi connectivity index (χ4v) is 3.30. The zero-order valence-electron chi connectivity index (χ0n) is 13.9. The number of H-pyrrole nitrogens is 1. The minimum absolute atomic E-state index is 0.0527. The Morgan fingerprint density at radius 2 is 2.29 bits per heavy atom. The van der Waals surface area contributed by atoms with E-state index in [0.29, 0.717) is 19.5 Å². The van der Waals surface area contributed by atoms with Gasteiger partial charge in [-0.2, -0.15) is 5.10 Å². The summed E-state index contributed by atoms with van der Waals surface area (Å²) in [5, 5.41) is 16.4. The summed E-state index contributed by atoms with van der Waals surface area (Å²) in [6.07, 6.45) is 4.21. The van der Waals surface area contributed by atoms with E-state index in [-0.39, 0.29) is 18.4 Å². The molecule has 0 fully saturated rings. The first-order valence-electron chi connectivity index (χ1n) is 8.25. The predicted octanol–water partition coefficient (Wildman–Crippen LogP) is 1.54. The molecule has 6 heteroatoms. The molecule has 1 aliphatic carbocycles. The maximum atomic E-state index is 13.0. The van der Waals surface area contributed by atoms with Crippen LogP contribution in [-0.4, -0.2) is 46.4 Å². The second-order valence-electron chi connectivity index (χ2n) is 6.11. The molecule has 3 rings (SSSR count). The Labute approximate surface area is 141 Å². The van der Waals surface area contributed by atoms with E-state index in [1.807, 2.05) is 30.5 Å². The molecule has 1 aliphatic rings. The van der Waals surface area contributed by atoms with E-state index in [1.165, 1.54) is 5.56 Å². The number of aromatic amines is 1. The summed E-state index contributed by atoms with van der Waals surface area (Å²) in [5.41, 5.74) is 3.21. The van der Waals surface area contributed by atoms with Gasteiger partial charge in [-0.25, -0.2) is 0 Å². The standard InChI is InChI=1S/C18H23N3O3/c1-24-17-5-3-2-4-15(17)12-21(8-9-22)18(23)13-6-7-14-11-19-20-16(14)10-13/h2-5,11,13,22H,6-10,12H2,1H3,(H,19,20).